The lowest BCUT2D eigenvalue weighted by Crippen LogP contribution is -2.38. The molecule has 1 fully saturated rings. The van der Waals surface area contributed by atoms with Crippen LogP contribution < -0.4 is 5.73 Å². The summed E-state index contributed by atoms with van der Waals surface area (Å²) in [4.78, 5) is 1.98. The van der Waals surface area contributed by atoms with Gasteiger partial charge in [-0.2, -0.15) is 0 Å². The molecule has 1 aliphatic rings. The second-order valence-corrected chi connectivity index (χ2v) is 5.47. The second-order valence-electron chi connectivity index (χ2n) is 5.47. The van der Waals surface area contributed by atoms with Crippen LogP contribution in [0.3, 0.4) is 0 Å². The molecule has 2 unspecified atom stereocenters. The molecular weight excluding hydrogens is 240 g/mol. The number of amidine groups is 1. The fourth-order valence-corrected chi connectivity index (χ4v) is 2.61. The number of nitrogens with two attached hydrogens (primary N) is 1. The second kappa shape index (κ2) is 6.31. The Balaban J connectivity index is 2.38. The Morgan fingerprint density at radius 3 is 2.83 bits per heavy atom. The van der Waals surface area contributed by atoms with Crippen molar-refractivity contribution in [3.63, 3.8) is 0 Å². The number of oxime groups is 1. The van der Waals surface area contributed by atoms with Gasteiger partial charge in [-0.1, -0.05) is 12.1 Å². The lowest BCUT2D eigenvalue weighted by Gasteiger charge is -2.32. The number of hydrogen-bond donors (Lipinski definition) is 2. The van der Waals surface area contributed by atoms with Gasteiger partial charge in [0.25, 0.3) is 0 Å². The van der Waals surface area contributed by atoms with Crippen molar-refractivity contribution in [2.24, 2.45) is 22.7 Å². The average molecular weight is 263 g/mol. The van der Waals surface area contributed by atoms with E-state index in [0.29, 0.717) is 19.5 Å². The molecule has 1 aliphatic carbocycles. The van der Waals surface area contributed by atoms with Gasteiger partial charge < -0.3 is 15.8 Å². The summed E-state index contributed by atoms with van der Waals surface area (Å²) in [7, 11) is 1.88. The lowest BCUT2D eigenvalue weighted by molar-refractivity contribution is -0.0561. The van der Waals surface area contributed by atoms with Gasteiger partial charge in [-0.15, -0.1) is 0 Å². The standard InChI is InChI=1S/C12H23F2N3O/c1-9(11(15)16-18)7-17(2)8-10-4-3-5-12(13,14)6-10/h9-10,18H,3-8H2,1-2H3,(H2,15,16). The maximum absolute atomic E-state index is 13.3. The minimum Gasteiger partial charge on any atom is -0.409 e. The summed E-state index contributed by atoms with van der Waals surface area (Å²) in [5.74, 6) is -2.36. The van der Waals surface area contributed by atoms with Crippen molar-refractivity contribution in [3.8, 4) is 0 Å². The van der Waals surface area contributed by atoms with Crippen LogP contribution in [0.1, 0.15) is 32.6 Å². The SMILES string of the molecule is CC(CN(C)CC1CCCC(F)(F)C1)C(N)=NO. The fourth-order valence-electron chi connectivity index (χ4n) is 2.61. The third-order valence-electron chi connectivity index (χ3n) is 3.52. The van der Waals surface area contributed by atoms with Crippen molar-refractivity contribution in [1.82, 2.24) is 4.90 Å². The molecule has 106 valence electrons. The highest BCUT2D eigenvalue weighted by Crippen LogP contribution is 2.36. The molecule has 0 bridgehead atoms. The maximum atomic E-state index is 13.3. The Labute approximate surface area is 107 Å². The Kier molecular flexibility index (Phi) is 5.31. The van der Waals surface area contributed by atoms with Gasteiger partial charge in [0.1, 0.15) is 5.84 Å². The highest BCUT2D eigenvalue weighted by Gasteiger charge is 2.36. The van der Waals surface area contributed by atoms with Crippen molar-refractivity contribution >= 4 is 5.84 Å². The summed E-state index contributed by atoms with van der Waals surface area (Å²) >= 11 is 0. The molecule has 18 heavy (non-hydrogen) atoms. The van der Waals surface area contributed by atoms with E-state index in [0.717, 1.165) is 6.42 Å². The van der Waals surface area contributed by atoms with Crippen molar-refractivity contribution in [2.75, 3.05) is 20.1 Å². The fraction of sp³-hybridized carbons (Fsp3) is 0.917. The van der Waals surface area contributed by atoms with Crippen LogP contribution in [0, 0.1) is 11.8 Å². The molecule has 0 aliphatic heterocycles. The van der Waals surface area contributed by atoms with E-state index >= 15 is 0 Å². The van der Waals surface area contributed by atoms with Gasteiger partial charge in [0.15, 0.2) is 0 Å². The predicted octanol–water partition coefficient (Wildman–Crippen LogP) is 2.13. The van der Waals surface area contributed by atoms with Crippen LogP contribution in [0.5, 0.6) is 0 Å². The molecule has 0 amide bonds. The third-order valence-corrected chi connectivity index (χ3v) is 3.52. The molecule has 0 radical (unpaired) electrons. The number of halogens is 2. The van der Waals surface area contributed by atoms with Gasteiger partial charge in [0, 0.05) is 31.8 Å². The van der Waals surface area contributed by atoms with E-state index in [4.69, 9.17) is 10.9 Å². The summed E-state index contributed by atoms with van der Waals surface area (Å²) in [6.45, 7) is 3.09. The highest BCUT2D eigenvalue weighted by atomic mass is 19.3. The summed E-state index contributed by atoms with van der Waals surface area (Å²) in [5, 5.41) is 11.5. The molecule has 0 aromatic rings. The Hall–Kier alpha value is -0.910. The van der Waals surface area contributed by atoms with E-state index in [9.17, 15) is 8.78 Å². The minimum absolute atomic E-state index is 0.0186. The van der Waals surface area contributed by atoms with Crippen molar-refractivity contribution < 1.29 is 14.0 Å². The van der Waals surface area contributed by atoms with Gasteiger partial charge in [0.05, 0.1) is 0 Å². The van der Waals surface area contributed by atoms with Crippen LogP contribution in [0.4, 0.5) is 8.78 Å². The van der Waals surface area contributed by atoms with Crippen LogP contribution in [0.2, 0.25) is 0 Å². The Bertz CT molecular complexity index is 297. The van der Waals surface area contributed by atoms with Crippen molar-refractivity contribution in [2.45, 2.75) is 38.5 Å². The molecule has 1 saturated carbocycles. The molecule has 3 N–H and O–H groups in total. The quantitative estimate of drug-likeness (QED) is 0.346. The monoisotopic (exact) mass is 263 g/mol. The van der Waals surface area contributed by atoms with E-state index < -0.39 is 5.92 Å². The maximum Gasteiger partial charge on any atom is 0.248 e. The first-order chi connectivity index (χ1) is 8.34. The molecular formula is C12H23F2N3O. The van der Waals surface area contributed by atoms with Crippen LogP contribution >= 0.6 is 0 Å². The van der Waals surface area contributed by atoms with Crippen LogP contribution in [-0.4, -0.2) is 42.0 Å². The van der Waals surface area contributed by atoms with E-state index in [1.165, 1.54) is 0 Å². The summed E-state index contributed by atoms with van der Waals surface area (Å²) in [6, 6.07) is 0. The minimum atomic E-state index is -2.50. The smallest absolute Gasteiger partial charge is 0.248 e. The van der Waals surface area contributed by atoms with E-state index in [1.807, 2.05) is 18.9 Å². The third kappa shape index (κ3) is 4.76. The van der Waals surface area contributed by atoms with Gasteiger partial charge in [0.2, 0.25) is 5.92 Å². The van der Waals surface area contributed by atoms with Gasteiger partial charge in [-0.3, -0.25) is 0 Å². The predicted molar refractivity (Wildman–Crippen MR) is 67.0 cm³/mol. The van der Waals surface area contributed by atoms with Gasteiger partial charge >= 0.3 is 0 Å². The topological polar surface area (TPSA) is 61.8 Å². The van der Waals surface area contributed by atoms with E-state index in [2.05, 4.69) is 5.16 Å². The summed E-state index contributed by atoms with van der Waals surface area (Å²) in [6.07, 6.45) is 1.46. The first-order valence-electron chi connectivity index (χ1n) is 6.38. The molecule has 0 spiro atoms. The number of nitrogens with zero attached hydrogens (tertiary/aromatic N) is 2. The lowest BCUT2D eigenvalue weighted by atomic mass is 9.86. The molecule has 1 rings (SSSR count). The van der Waals surface area contributed by atoms with Crippen LogP contribution in [0.15, 0.2) is 5.16 Å². The normalized spacial score (nSPS) is 26.3. The van der Waals surface area contributed by atoms with Crippen LogP contribution in [0.25, 0.3) is 0 Å². The van der Waals surface area contributed by atoms with Gasteiger partial charge in [-0.25, -0.2) is 8.78 Å². The molecule has 0 saturated heterocycles. The van der Waals surface area contributed by atoms with Crippen molar-refractivity contribution in [3.05, 3.63) is 0 Å². The Morgan fingerprint density at radius 2 is 2.28 bits per heavy atom. The molecule has 6 heteroatoms. The molecule has 0 heterocycles. The summed E-state index contributed by atoms with van der Waals surface area (Å²) in [5.41, 5.74) is 5.49. The largest absolute Gasteiger partial charge is 0.409 e. The first kappa shape index (κ1) is 15.1. The van der Waals surface area contributed by atoms with Crippen LogP contribution in [-0.2, 0) is 0 Å². The van der Waals surface area contributed by atoms with E-state index in [-0.39, 0.29) is 30.5 Å². The number of hydrogen-bond acceptors (Lipinski definition) is 3. The molecule has 2 atom stereocenters. The number of alkyl halides is 2. The number of rotatable bonds is 5. The molecule has 4 nitrogen and oxygen atoms in total. The summed E-state index contributed by atoms with van der Waals surface area (Å²) < 4.78 is 26.5. The zero-order chi connectivity index (χ0) is 13.8. The van der Waals surface area contributed by atoms with Gasteiger partial charge in [-0.05, 0) is 25.8 Å². The van der Waals surface area contributed by atoms with Crippen molar-refractivity contribution in [1.29, 1.82) is 0 Å². The average Bonchev–Trinajstić information content (AvgIpc) is 2.26. The zero-order valence-corrected chi connectivity index (χ0v) is 11.1. The molecule has 0 aromatic heterocycles. The molecule has 0 aromatic carbocycles. The van der Waals surface area contributed by atoms with E-state index in [1.54, 1.807) is 0 Å². The highest BCUT2D eigenvalue weighted by molar-refractivity contribution is 5.82. The first-order valence-corrected chi connectivity index (χ1v) is 6.38. The zero-order valence-electron chi connectivity index (χ0n) is 11.1. The Morgan fingerprint density at radius 1 is 1.61 bits per heavy atom.